The fourth-order valence-corrected chi connectivity index (χ4v) is 3.44. The van der Waals surface area contributed by atoms with Crippen molar-refractivity contribution in [2.45, 2.75) is 25.7 Å². The molecule has 2 fully saturated rings. The molecule has 2 saturated heterocycles. The minimum atomic E-state index is 0.337. The van der Waals surface area contributed by atoms with Gasteiger partial charge < -0.3 is 15.1 Å². The Morgan fingerprint density at radius 1 is 1.27 bits per heavy atom. The molecule has 22 heavy (non-hydrogen) atoms. The summed E-state index contributed by atoms with van der Waals surface area (Å²) in [5, 5.41) is 7.60. The van der Waals surface area contributed by atoms with Crippen LogP contribution in [0, 0.1) is 5.92 Å². The van der Waals surface area contributed by atoms with Gasteiger partial charge in [-0.2, -0.15) is 5.10 Å². The van der Waals surface area contributed by atoms with Crippen LogP contribution in [0.15, 0.2) is 12.4 Å². The third-order valence-electron chi connectivity index (χ3n) is 4.91. The maximum atomic E-state index is 12.4. The Morgan fingerprint density at radius 3 is 2.64 bits per heavy atom. The molecule has 122 valence electrons. The van der Waals surface area contributed by atoms with Gasteiger partial charge in [0.2, 0.25) is 5.91 Å². The molecule has 0 aliphatic carbocycles. The SMILES string of the molecule is Cn1cc(N2CCN(C(=O)CCC3CCNCC3)CC2)cn1. The summed E-state index contributed by atoms with van der Waals surface area (Å²) in [5.74, 6) is 1.08. The van der Waals surface area contributed by atoms with Gasteiger partial charge in [0.25, 0.3) is 0 Å². The molecule has 0 aromatic carbocycles. The van der Waals surface area contributed by atoms with Gasteiger partial charge in [-0.3, -0.25) is 9.48 Å². The number of aryl methyl sites for hydroxylation is 1. The van der Waals surface area contributed by atoms with Gasteiger partial charge >= 0.3 is 0 Å². The quantitative estimate of drug-likeness (QED) is 0.896. The number of hydrogen-bond acceptors (Lipinski definition) is 4. The predicted molar refractivity (Wildman–Crippen MR) is 86.8 cm³/mol. The molecule has 0 saturated carbocycles. The third kappa shape index (κ3) is 3.80. The minimum Gasteiger partial charge on any atom is -0.365 e. The zero-order valence-corrected chi connectivity index (χ0v) is 13.5. The number of nitrogens with zero attached hydrogens (tertiary/aromatic N) is 4. The molecule has 1 N–H and O–H groups in total. The number of hydrogen-bond donors (Lipinski definition) is 1. The molecule has 0 spiro atoms. The van der Waals surface area contributed by atoms with E-state index in [9.17, 15) is 4.79 Å². The lowest BCUT2D eigenvalue weighted by Crippen LogP contribution is -2.48. The number of rotatable bonds is 4. The van der Waals surface area contributed by atoms with Crippen LogP contribution in [0.25, 0.3) is 0 Å². The molecule has 0 unspecified atom stereocenters. The van der Waals surface area contributed by atoms with Crippen LogP contribution in [0.4, 0.5) is 5.69 Å². The monoisotopic (exact) mass is 305 g/mol. The fraction of sp³-hybridized carbons (Fsp3) is 0.750. The van der Waals surface area contributed by atoms with Crippen molar-refractivity contribution in [3.8, 4) is 0 Å². The van der Waals surface area contributed by atoms with Crippen molar-refractivity contribution in [2.75, 3.05) is 44.2 Å². The van der Waals surface area contributed by atoms with E-state index < -0.39 is 0 Å². The van der Waals surface area contributed by atoms with Crippen molar-refractivity contribution >= 4 is 11.6 Å². The molecule has 2 aliphatic rings. The van der Waals surface area contributed by atoms with Crippen molar-refractivity contribution in [1.29, 1.82) is 0 Å². The minimum absolute atomic E-state index is 0.337. The standard InChI is InChI=1S/C16H27N5O/c1-19-13-15(12-18-19)20-8-10-21(11-9-20)16(22)3-2-14-4-6-17-7-5-14/h12-14,17H,2-11H2,1H3. The Morgan fingerprint density at radius 2 is 2.00 bits per heavy atom. The Kier molecular flexibility index (Phi) is 4.97. The van der Waals surface area contributed by atoms with Gasteiger partial charge in [0, 0.05) is 45.8 Å². The van der Waals surface area contributed by atoms with E-state index in [-0.39, 0.29) is 0 Å². The molecule has 1 amide bonds. The van der Waals surface area contributed by atoms with Crippen LogP contribution in [-0.2, 0) is 11.8 Å². The number of aromatic nitrogens is 2. The number of piperazine rings is 1. The molecule has 3 rings (SSSR count). The first-order valence-electron chi connectivity index (χ1n) is 8.44. The van der Waals surface area contributed by atoms with Crippen LogP contribution in [0.3, 0.4) is 0 Å². The molecule has 1 aromatic rings. The summed E-state index contributed by atoms with van der Waals surface area (Å²) in [6.45, 7) is 5.71. The second-order valence-corrected chi connectivity index (χ2v) is 6.47. The highest BCUT2D eigenvalue weighted by atomic mass is 16.2. The molecular weight excluding hydrogens is 278 g/mol. The van der Waals surface area contributed by atoms with Crippen LogP contribution in [0.2, 0.25) is 0 Å². The number of nitrogens with one attached hydrogen (secondary N) is 1. The molecule has 3 heterocycles. The topological polar surface area (TPSA) is 53.4 Å². The second-order valence-electron chi connectivity index (χ2n) is 6.47. The highest BCUT2D eigenvalue weighted by Crippen LogP contribution is 2.19. The lowest BCUT2D eigenvalue weighted by Gasteiger charge is -2.35. The summed E-state index contributed by atoms with van der Waals surface area (Å²) in [6.07, 6.45) is 8.16. The molecule has 0 bridgehead atoms. The van der Waals surface area contributed by atoms with E-state index in [4.69, 9.17) is 0 Å². The maximum absolute atomic E-state index is 12.4. The number of piperidine rings is 1. The molecule has 0 radical (unpaired) electrons. The van der Waals surface area contributed by atoms with Crippen LogP contribution in [0.1, 0.15) is 25.7 Å². The van der Waals surface area contributed by atoms with Crippen molar-refractivity contribution in [3.05, 3.63) is 12.4 Å². The Labute approximate surface area is 132 Å². The largest absolute Gasteiger partial charge is 0.365 e. The molecule has 2 aliphatic heterocycles. The van der Waals surface area contributed by atoms with Crippen LogP contribution in [0.5, 0.6) is 0 Å². The van der Waals surface area contributed by atoms with Gasteiger partial charge in [0.15, 0.2) is 0 Å². The lowest BCUT2D eigenvalue weighted by molar-refractivity contribution is -0.131. The highest BCUT2D eigenvalue weighted by molar-refractivity contribution is 5.76. The van der Waals surface area contributed by atoms with Gasteiger partial charge in [0.1, 0.15) is 0 Å². The first-order valence-corrected chi connectivity index (χ1v) is 8.44. The lowest BCUT2D eigenvalue weighted by atomic mass is 9.93. The normalized spacial score (nSPS) is 20.4. The average molecular weight is 305 g/mol. The van der Waals surface area contributed by atoms with E-state index in [0.717, 1.165) is 63.7 Å². The van der Waals surface area contributed by atoms with Gasteiger partial charge in [-0.1, -0.05) is 0 Å². The first kappa shape index (κ1) is 15.3. The van der Waals surface area contributed by atoms with E-state index >= 15 is 0 Å². The molecule has 0 atom stereocenters. The zero-order valence-electron chi connectivity index (χ0n) is 13.5. The Balaban J connectivity index is 1.41. The smallest absolute Gasteiger partial charge is 0.222 e. The summed E-state index contributed by atoms with van der Waals surface area (Å²) < 4.78 is 1.83. The van der Waals surface area contributed by atoms with Crippen molar-refractivity contribution < 1.29 is 4.79 Å². The van der Waals surface area contributed by atoms with Gasteiger partial charge in [-0.15, -0.1) is 0 Å². The van der Waals surface area contributed by atoms with Crippen LogP contribution in [-0.4, -0.2) is 59.9 Å². The van der Waals surface area contributed by atoms with E-state index in [1.807, 2.05) is 29.0 Å². The van der Waals surface area contributed by atoms with Gasteiger partial charge in [0.05, 0.1) is 11.9 Å². The third-order valence-corrected chi connectivity index (χ3v) is 4.91. The zero-order chi connectivity index (χ0) is 15.4. The van der Waals surface area contributed by atoms with Crippen molar-refractivity contribution in [3.63, 3.8) is 0 Å². The predicted octanol–water partition coefficient (Wildman–Crippen LogP) is 0.849. The molecule has 6 nitrogen and oxygen atoms in total. The number of carbonyl (C=O) groups is 1. The maximum Gasteiger partial charge on any atom is 0.222 e. The average Bonchev–Trinajstić information content (AvgIpc) is 3.00. The van der Waals surface area contributed by atoms with E-state index in [0.29, 0.717) is 5.91 Å². The molecule has 6 heteroatoms. The number of carbonyl (C=O) groups excluding carboxylic acids is 1. The van der Waals surface area contributed by atoms with Crippen LogP contribution >= 0.6 is 0 Å². The summed E-state index contributed by atoms with van der Waals surface area (Å²) in [7, 11) is 1.93. The molecular formula is C16H27N5O. The van der Waals surface area contributed by atoms with Crippen molar-refractivity contribution in [1.82, 2.24) is 20.0 Å². The van der Waals surface area contributed by atoms with Crippen LogP contribution < -0.4 is 10.2 Å². The van der Waals surface area contributed by atoms with E-state index in [2.05, 4.69) is 15.3 Å². The summed E-state index contributed by atoms with van der Waals surface area (Å²) in [6, 6.07) is 0. The van der Waals surface area contributed by atoms with E-state index in [1.54, 1.807) is 0 Å². The van der Waals surface area contributed by atoms with E-state index in [1.165, 1.54) is 12.8 Å². The first-order chi connectivity index (χ1) is 10.7. The number of anilines is 1. The summed E-state index contributed by atoms with van der Waals surface area (Å²) >= 11 is 0. The Hall–Kier alpha value is -1.56. The van der Waals surface area contributed by atoms with Gasteiger partial charge in [-0.05, 0) is 38.3 Å². The summed E-state index contributed by atoms with van der Waals surface area (Å²) in [4.78, 5) is 16.7. The Bertz CT molecular complexity index is 486. The fourth-order valence-electron chi connectivity index (χ4n) is 3.44. The van der Waals surface area contributed by atoms with Crippen molar-refractivity contribution in [2.24, 2.45) is 13.0 Å². The number of amides is 1. The second kappa shape index (κ2) is 7.13. The summed E-state index contributed by atoms with van der Waals surface area (Å²) in [5.41, 5.74) is 1.16. The van der Waals surface area contributed by atoms with Gasteiger partial charge in [-0.25, -0.2) is 0 Å². The molecule has 1 aromatic heterocycles. The highest BCUT2D eigenvalue weighted by Gasteiger charge is 2.23.